The number of benzene rings is 2. The van der Waals surface area contributed by atoms with Crippen molar-refractivity contribution in [2.75, 3.05) is 14.2 Å². The van der Waals surface area contributed by atoms with Crippen LogP contribution in [0.2, 0.25) is 0 Å². The predicted octanol–water partition coefficient (Wildman–Crippen LogP) is 3.78. The topological polar surface area (TPSA) is 87.0 Å². The number of hydrogen-bond donors (Lipinski definition) is 1. The van der Waals surface area contributed by atoms with E-state index in [9.17, 15) is 4.79 Å². The Morgan fingerprint density at radius 2 is 2.00 bits per heavy atom. The highest BCUT2D eigenvalue weighted by atomic mass is 79.9. The number of H-pyrrole nitrogens is 1. The number of hydrogen-bond acceptors (Lipinski definition) is 6. The molecule has 10 heteroatoms. The van der Waals surface area contributed by atoms with Gasteiger partial charge in [0.1, 0.15) is 6.54 Å². The van der Waals surface area contributed by atoms with Gasteiger partial charge in [-0.3, -0.25) is 14.5 Å². The summed E-state index contributed by atoms with van der Waals surface area (Å²) >= 11 is 9.01. The Balaban J connectivity index is 1.86. The number of methoxy groups -OCH3 is 2. The van der Waals surface area contributed by atoms with Gasteiger partial charge in [0.2, 0.25) is 0 Å². The maximum Gasteiger partial charge on any atom is 0.278 e. The zero-order valence-corrected chi connectivity index (χ0v) is 18.9. The first-order valence-corrected chi connectivity index (χ1v) is 10.2. The van der Waals surface area contributed by atoms with E-state index in [2.05, 4.69) is 31.2 Å². The van der Waals surface area contributed by atoms with E-state index in [1.165, 1.54) is 18.9 Å². The first-order chi connectivity index (χ1) is 14.4. The lowest BCUT2D eigenvalue weighted by molar-refractivity contribution is 0.358. The summed E-state index contributed by atoms with van der Waals surface area (Å²) < 4.78 is 15.2. The molecule has 0 aliphatic carbocycles. The Bertz CT molecular complexity index is 1380. The molecule has 2 aromatic heterocycles. The molecule has 0 unspecified atom stereocenters. The number of fused-ring (bicyclic) bond motifs is 1. The third-order valence-electron chi connectivity index (χ3n) is 4.74. The third-order valence-corrected chi connectivity index (χ3v) is 5.65. The summed E-state index contributed by atoms with van der Waals surface area (Å²) in [6.07, 6.45) is 1.62. The number of aromatic amines is 1. The molecule has 0 bridgehead atoms. The summed E-state index contributed by atoms with van der Waals surface area (Å²) in [6, 6.07) is 9.43. The minimum Gasteiger partial charge on any atom is -0.493 e. The van der Waals surface area contributed by atoms with Crippen LogP contribution in [0, 0.1) is 11.7 Å². The minimum atomic E-state index is -0.313. The van der Waals surface area contributed by atoms with Crippen LogP contribution in [0.15, 0.2) is 45.8 Å². The highest BCUT2D eigenvalue weighted by Gasteiger charge is 2.17. The van der Waals surface area contributed by atoms with E-state index in [4.69, 9.17) is 21.7 Å². The van der Waals surface area contributed by atoms with Crippen LogP contribution in [0.4, 0.5) is 0 Å². The molecular formula is C20H18BrN5O3S. The van der Waals surface area contributed by atoms with E-state index < -0.39 is 0 Å². The zero-order valence-electron chi connectivity index (χ0n) is 16.5. The van der Waals surface area contributed by atoms with E-state index in [-0.39, 0.29) is 12.1 Å². The molecule has 0 fully saturated rings. The molecule has 4 aromatic rings. The maximum absolute atomic E-state index is 13.2. The normalized spacial score (nSPS) is 11.1. The number of ether oxygens (including phenoxy) is 2. The molecule has 0 amide bonds. The summed E-state index contributed by atoms with van der Waals surface area (Å²) in [5.74, 6) is 1.39. The lowest BCUT2D eigenvalue weighted by Crippen LogP contribution is -2.25. The van der Waals surface area contributed by atoms with Gasteiger partial charge in [0.25, 0.3) is 5.56 Å². The fraction of sp³-hybridized carbons (Fsp3) is 0.200. The third kappa shape index (κ3) is 3.41. The first kappa shape index (κ1) is 20.3. The van der Waals surface area contributed by atoms with E-state index in [1.807, 2.05) is 25.1 Å². The van der Waals surface area contributed by atoms with Crippen molar-refractivity contribution in [2.24, 2.45) is 0 Å². The molecule has 2 heterocycles. The second-order valence-electron chi connectivity index (χ2n) is 6.61. The van der Waals surface area contributed by atoms with Crippen LogP contribution in [-0.4, -0.2) is 38.8 Å². The molecule has 0 saturated carbocycles. The van der Waals surface area contributed by atoms with Crippen molar-refractivity contribution >= 4 is 38.9 Å². The van der Waals surface area contributed by atoms with Crippen molar-refractivity contribution in [3.63, 3.8) is 0 Å². The van der Waals surface area contributed by atoms with E-state index in [0.717, 1.165) is 15.7 Å². The highest BCUT2D eigenvalue weighted by molar-refractivity contribution is 9.10. The Morgan fingerprint density at radius 1 is 1.20 bits per heavy atom. The van der Waals surface area contributed by atoms with Gasteiger partial charge in [0.05, 0.1) is 31.5 Å². The van der Waals surface area contributed by atoms with E-state index >= 15 is 0 Å². The standard InChI is InChI=1S/C20H18BrN5O3S/c1-11-4-6-14(13(21)8-11)26-16(23-24-20(26)30)10-25-19(27)17-12(9-22-25)5-7-15(28-2)18(17)29-3/h4-9H,10H2,1-3H3,(H,24,30). The summed E-state index contributed by atoms with van der Waals surface area (Å²) in [6.45, 7) is 2.12. The lowest BCUT2D eigenvalue weighted by Gasteiger charge is -2.13. The van der Waals surface area contributed by atoms with Crippen LogP contribution in [0.3, 0.4) is 0 Å². The molecule has 0 saturated heterocycles. The SMILES string of the molecule is COc1ccc2cnn(Cc3n[nH]c(=S)n3-c3ccc(C)cc3Br)c(=O)c2c1OC. The fourth-order valence-electron chi connectivity index (χ4n) is 3.31. The van der Waals surface area contributed by atoms with Crippen molar-refractivity contribution in [3.05, 3.63) is 67.5 Å². The quantitative estimate of drug-likeness (QED) is 0.431. The molecular weight excluding hydrogens is 470 g/mol. The second kappa shape index (κ2) is 8.04. The van der Waals surface area contributed by atoms with E-state index in [1.54, 1.807) is 22.9 Å². The van der Waals surface area contributed by atoms with Crippen molar-refractivity contribution in [1.82, 2.24) is 24.5 Å². The van der Waals surface area contributed by atoms with Crippen molar-refractivity contribution in [1.29, 1.82) is 0 Å². The van der Waals surface area contributed by atoms with Crippen LogP contribution in [-0.2, 0) is 6.54 Å². The summed E-state index contributed by atoms with van der Waals surface area (Å²) in [7, 11) is 3.03. The van der Waals surface area contributed by atoms with Crippen LogP contribution < -0.4 is 15.0 Å². The van der Waals surface area contributed by atoms with Gasteiger partial charge < -0.3 is 9.47 Å². The molecule has 0 aliphatic rings. The van der Waals surface area contributed by atoms with Crippen LogP contribution in [0.1, 0.15) is 11.4 Å². The number of nitrogens with one attached hydrogen (secondary N) is 1. The Morgan fingerprint density at radius 3 is 2.70 bits per heavy atom. The van der Waals surface area contributed by atoms with Crippen molar-refractivity contribution < 1.29 is 9.47 Å². The van der Waals surface area contributed by atoms with Crippen LogP contribution >= 0.6 is 28.1 Å². The van der Waals surface area contributed by atoms with Gasteiger partial charge in [0, 0.05) is 9.86 Å². The number of rotatable bonds is 5. The average Bonchev–Trinajstić information content (AvgIpc) is 3.09. The maximum atomic E-state index is 13.2. The van der Waals surface area contributed by atoms with Crippen LogP contribution in [0.5, 0.6) is 11.5 Å². The molecule has 30 heavy (non-hydrogen) atoms. The Hall–Kier alpha value is -2.98. The number of nitrogens with zero attached hydrogens (tertiary/aromatic N) is 4. The fourth-order valence-corrected chi connectivity index (χ4v) is 4.23. The smallest absolute Gasteiger partial charge is 0.278 e. The average molecular weight is 488 g/mol. The van der Waals surface area contributed by atoms with Gasteiger partial charge in [0.15, 0.2) is 22.1 Å². The van der Waals surface area contributed by atoms with Gasteiger partial charge in [-0.05, 0) is 64.9 Å². The molecule has 0 radical (unpaired) electrons. The van der Waals surface area contributed by atoms with Gasteiger partial charge in [-0.25, -0.2) is 4.68 Å². The lowest BCUT2D eigenvalue weighted by atomic mass is 10.1. The summed E-state index contributed by atoms with van der Waals surface area (Å²) in [5, 5.41) is 12.5. The van der Waals surface area contributed by atoms with Crippen LogP contribution in [0.25, 0.3) is 16.5 Å². The van der Waals surface area contributed by atoms with E-state index in [0.29, 0.717) is 32.9 Å². The highest BCUT2D eigenvalue weighted by Crippen LogP contribution is 2.32. The van der Waals surface area contributed by atoms with Crippen molar-refractivity contribution in [3.8, 4) is 17.2 Å². The molecule has 0 atom stereocenters. The Kier molecular flexibility index (Phi) is 5.44. The minimum absolute atomic E-state index is 0.114. The molecule has 1 N–H and O–H groups in total. The molecule has 4 rings (SSSR count). The summed E-state index contributed by atoms with van der Waals surface area (Å²) in [5.41, 5.74) is 1.62. The summed E-state index contributed by atoms with van der Waals surface area (Å²) in [4.78, 5) is 13.2. The van der Waals surface area contributed by atoms with Crippen molar-refractivity contribution in [2.45, 2.75) is 13.5 Å². The van der Waals surface area contributed by atoms with Gasteiger partial charge >= 0.3 is 0 Å². The second-order valence-corrected chi connectivity index (χ2v) is 7.85. The van der Waals surface area contributed by atoms with Gasteiger partial charge in [-0.15, -0.1) is 0 Å². The Labute approximate surface area is 185 Å². The number of aromatic nitrogens is 5. The first-order valence-electron chi connectivity index (χ1n) is 8.98. The predicted molar refractivity (Wildman–Crippen MR) is 119 cm³/mol. The molecule has 0 spiro atoms. The molecule has 0 aliphatic heterocycles. The molecule has 154 valence electrons. The largest absolute Gasteiger partial charge is 0.493 e. The molecule has 8 nitrogen and oxygen atoms in total. The zero-order chi connectivity index (χ0) is 21.4. The number of halogens is 1. The molecule has 2 aromatic carbocycles. The van der Waals surface area contributed by atoms with Gasteiger partial charge in [-0.1, -0.05) is 6.07 Å². The van der Waals surface area contributed by atoms with Gasteiger partial charge in [-0.2, -0.15) is 10.2 Å². The monoisotopic (exact) mass is 487 g/mol. The number of aryl methyl sites for hydroxylation is 1.